The molecule has 2 rings (SSSR count). The maximum atomic E-state index is 13.1. The molecule has 1 aliphatic rings. The van der Waals surface area contributed by atoms with Gasteiger partial charge in [0.2, 0.25) is 0 Å². The van der Waals surface area contributed by atoms with Crippen LogP contribution in [0.25, 0.3) is 0 Å². The highest BCUT2D eigenvalue weighted by Gasteiger charge is 2.42. The summed E-state index contributed by atoms with van der Waals surface area (Å²) in [6, 6.07) is 3.48. The third-order valence-electron chi connectivity index (χ3n) is 2.56. The van der Waals surface area contributed by atoms with Crippen LogP contribution in [-0.4, -0.2) is 19.8 Å². The van der Waals surface area contributed by atoms with E-state index in [1.54, 1.807) is 0 Å². The maximum absolute atomic E-state index is 13.1. The van der Waals surface area contributed by atoms with Gasteiger partial charge in [-0.2, -0.15) is 0 Å². The molecule has 0 unspecified atom stereocenters. The summed E-state index contributed by atoms with van der Waals surface area (Å²) in [6.07, 6.45) is 2.13. The molecule has 0 spiro atoms. The van der Waals surface area contributed by atoms with Crippen molar-refractivity contribution < 1.29 is 17.9 Å². The fourth-order valence-electron chi connectivity index (χ4n) is 1.45. The highest BCUT2D eigenvalue weighted by Crippen LogP contribution is 2.45. The summed E-state index contributed by atoms with van der Waals surface area (Å²) in [5.41, 5.74) is -0.662. The van der Waals surface area contributed by atoms with Gasteiger partial charge in [-0.15, -0.1) is 0 Å². The minimum Gasteiger partial charge on any atom is -0.385 e. The van der Waals surface area contributed by atoms with Crippen molar-refractivity contribution in [2.75, 3.05) is 6.26 Å². The largest absolute Gasteiger partial charge is 0.385 e. The van der Waals surface area contributed by atoms with E-state index in [2.05, 4.69) is 0 Å². The zero-order valence-corrected chi connectivity index (χ0v) is 9.01. The molecule has 1 aromatic rings. The Bertz CT molecular complexity index is 503. The Kier molecular flexibility index (Phi) is 2.13. The third-order valence-corrected chi connectivity index (χ3v) is 3.65. The molecule has 0 atom stereocenters. The van der Waals surface area contributed by atoms with Crippen LogP contribution in [-0.2, 0) is 15.4 Å². The molecule has 0 saturated heterocycles. The van der Waals surface area contributed by atoms with Crippen molar-refractivity contribution in [3.63, 3.8) is 0 Å². The maximum Gasteiger partial charge on any atom is 0.175 e. The lowest BCUT2D eigenvalue weighted by Gasteiger charge is -2.09. The number of aliphatic hydroxyl groups is 1. The van der Waals surface area contributed by atoms with Crippen molar-refractivity contribution in [1.29, 1.82) is 0 Å². The van der Waals surface area contributed by atoms with Gasteiger partial charge in [-0.25, -0.2) is 12.8 Å². The Morgan fingerprint density at radius 1 is 1.33 bits per heavy atom. The third kappa shape index (κ3) is 2.03. The second-order valence-electron chi connectivity index (χ2n) is 3.98. The molecule has 1 N–H and O–H groups in total. The summed E-state index contributed by atoms with van der Waals surface area (Å²) in [5.74, 6) is -0.631. The molecule has 15 heavy (non-hydrogen) atoms. The van der Waals surface area contributed by atoms with Crippen LogP contribution in [0.2, 0.25) is 0 Å². The average molecular weight is 230 g/mol. The summed E-state index contributed by atoms with van der Waals surface area (Å²) < 4.78 is 35.6. The van der Waals surface area contributed by atoms with Crippen LogP contribution in [0, 0.1) is 5.82 Å². The summed E-state index contributed by atoms with van der Waals surface area (Å²) in [6.45, 7) is 0. The summed E-state index contributed by atoms with van der Waals surface area (Å²) in [5, 5.41) is 9.75. The van der Waals surface area contributed by atoms with Crippen LogP contribution in [0.4, 0.5) is 4.39 Å². The van der Waals surface area contributed by atoms with Gasteiger partial charge in [-0.3, -0.25) is 0 Å². The van der Waals surface area contributed by atoms with E-state index < -0.39 is 21.3 Å². The lowest BCUT2D eigenvalue weighted by Crippen LogP contribution is -2.07. The number of rotatable bonds is 2. The van der Waals surface area contributed by atoms with Crippen molar-refractivity contribution in [1.82, 2.24) is 0 Å². The fraction of sp³-hybridized carbons (Fsp3) is 0.400. The molecule has 3 nitrogen and oxygen atoms in total. The molecule has 0 radical (unpaired) electrons. The van der Waals surface area contributed by atoms with Gasteiger partial charge in [0.05, 0.1) is 10.5 Å². The van der Waals surface area contributed by atoms with Gasteiger partial charge >= 0.3 is 0 Å². The monoisotopic (exact) mass is 230 g/mol. The van der Waals surface area contributed by atoms with Crippen LogP contribution in [0.15, 0.2) is 23.1 Å². The number of hydrogen-bond donors (Lipinski definition) is 1. The highest BCUT2D eigenvalue weighted by molar-refractivity contribution is 7.90. The molecule has 0 aliphatic heterocycles. The Hall–Kier alpha value is -0.940. The van der Waals surface area contributed by atoms with Gasteiger partial charge in [-0.05, 0) is 36.6 Å². The quantitative estimate of drug-likeness (QED) is 0.830. The first-order valence-electron chi connectivity index (χ1n) is 4.55. The van der Waals surface area contributed by atoms with Crippen LogP contribution < -0.4 is 0 Å². The topological polar surface area (TPSA) is 54.4 Å². The van der Waals surface area contributed by atoms with Gasteiger partial charge in [-0.1, -0.05) is 0 Å². The normalized spacial score (nSPS) is 18.9. The van der Waals surface area contributed by atoms with Gasteiger partial charge in [0.1, 0.15) is 5.82 Å². The van der Waals surface area contributed by atoms with E-state index in [-0.39, 0.29) is 4.90 Å². The Morgan fingerprint density at radius 2 is 1.93 bits per heavy atom. The molecule has 1 aromatic carbocycles. The van der Waals surface area contributed by atoms with E-state index >= 15 is 0 Å². The SMILES string of the molecule is CS(=O)(=O)c1cc(F)cc(C2(O)CC2)c1. The van der Waals surface area contributed by atoms with Crippen molar-refractivity contribution in [2.45, 2.75) is 23.3 Å². The number of sulfone groups is 1. The fourth-order valence-corrected chi connectivity index (χ4v) is 2.12. The molecule has 1 fully saturated rings. The Balaban J connectivity index is 2.56. The molecule has 0 amide bonds. The first-order chi connectivity index (χ1) is 6.81. The van der Waals surface area contributed by atoms with Gasteiger partial charge in [0.15, 0.2) is 9.84 Å². The van der Waals surface area contributed by atoms with E-state index in [9.17, 15) is 17.9 Å². The predicted molar refractivity (Wildman–Crippen MR) is 52.6 cm³/mol. The van der Waals surface area contributed by atoms with Crippen LogP contribution in [0.1, 0.15) is 18.4 Å². The summed E-state index contributed by atoms with van der Waals surface area (Å²) in [7, 11) is -3.43. The lowest BCUT2D eigenvalue weighted by atomic mass is 10.1. The number of halogens is 1. The van der Waals surface area contributed by atoms with Crippen molar-refractivity contribution in [3.8, 4) is 0 Å². The summed E-state index contributed by atoms with van der Waals surface area (Å²) in [4.78, 5) is -0.0853. The van der Waals surface area contributed by atoms with Crippen molar-refractivity contribution in [2.24, 2.45) is 0 Å². The predicted octanol–water partition coefficient (Wildman–Crippen LogP) is 1.21. The van der Waals surface area contributed by atoms with E-state index in [1.807, 2.05) is 0 Å². The molecular formula is C10H11FO3S. The molecule has 1 aliphatic carbocycles. The van der Waals surface area contributed by atoms with Gasteiger partial charge in [0.25, 0.3) is 0 Å². The summed E-state index contributed by atoms with van der Waals surface area (Å²) >= 11 is 0. The molecular weight excluding hydrogens is 219 g/mol. The molecule has 0 bridgehead atoms. The van der Waals surface area contributed by atoms with Crippen molar-refractivity contribution in [3.05, 3.63) is 29.6 Å². The molecule has 5 heteroatoms. The second-order valence-corrected chi connectivity index (χ2v) is 6.00. The minimum atomic E-state index is -3.43. The van der Waals surface area contributed by atoms with E-state index in [0.717, 1.165) is 12.3 Å². The molecule has 1 saturated carbocycles. The number of benzene rings is 1. The van der Waals surface area contributed by atoms with E-state index in [1.165, 1.54) is 12.1 Å². The van der Waals surface area contributed by atoms with Crippen molar-refractivity contribution >= 4 is 9.84 Å². The minimum absolute atomic E-state index is 0.0853. The smallest absolute Gasteiger partial charge is 0.175 e. The lowest BCUT2D eigenvalue weighted by molar-refractivity contribution is 0.151. The highest BCUT2D eigenvalue weighted by atomic mass is 32.2. The molecule has 0 aromatic heterocycles. The zero-order chi connectivity index (χ0) is 11.3. The standard InChI is InChI=1S/C10H11FO3S/c1-15(13,14)9-5-7(4-8(11)6-9)10(12)2-3-10/h4-6,12H,2-3H2,1H3. The van der Waals surface area contributed by atoms with Crippen LogP contribution >= 0.6 is 0 Å². The van der Waals surface area contributed by atoms with Crippen LogP contribution in [0.5, 0.6) is 0 Å². The first kappa shape index (κ1) is 10.6. The molecule has 0 heterocycles. The Labute approximate surface area is 87.5 Å². The number of hydrogen-bond acceptors (Lipinski definition) is 3. The van der Waals surface area contributed by atoms with E-state index in [0.29, 0.717) is 18.4 Å². The average Bonchev–Trinajstić information content (AvgIpc) is 2.82. The van der Waals surface area contributed by atoms with Gasteiger partial charge < -0.3 is 5.11 Å². The zero-order valence-electron chi connectivity index (χ0n) is 8.20. The van der Waals surface area contributed by atoms with Gasteiger partial charge in [0, 0.05) is 6.26 Å². The first-order valence-corrected chi connectivity index (χ1v) is 6.44. The molecule has 82 valence electrons. The van der Waals surface area contributed by atoms with E-state index in [4.69, 9.17) is 0 Å². The Morgan fingerprint density at radius 3 is 2.40 bits per heavy atom. The van der Waals surface area contributed by atoms with Crippen LogP contribution in [0.3, 0.4) is 0 Å². The second kappa shape index (κ2) is 3.02.